The van der Waals surface area contributed by atoms with E-state index in [1.807, 2.05) is 12.1 Å². The van der Waals surface area contributed by atoms with E-state index in [0.717, 1.165) is 16.7 Å². The SMILES string of the molecule is OCc1ccc(-c2cc(Cl)cc(Cl)c2)c(Cl)c1. The molecule has 88 valence electrons. The second kappa shape index (κ2) is 5.28. The zero-order valence-electron chi connectivity index (χ0n) is 8.75. The van der Waals surface area contributed by atoms with E-state index in [9.17, 15) is 0 Å². The van der Waals surface area contributed by atoms with Crippen molar-refractivity contribution in [2.45, 2.75) is 6.61 Å². The van der Waals surface area contributed by atoms with Crippen molar-refractivity contribution in [3.63, 3.8) is 0 Å². The fourth-order valence-corrected chi connectivity index (χ4v) is 2.44. The van der Waals surface area contributed by atoms with Crippen LogP contribution in [0.5, 0.6) is 0 Å². The monoisotopic (exact) mass is 286 g/mol. The first-order valence-electron chi connectivity index (χ1n) is 4.96. The number of rotatable bonds is 2. The molecule has 0 radical (unpaired) electrons. The number of hydrogen-bond donors (Lipinski definition) is 1. The molecule has 0 aliphatic heterocycles. The molecule has 4 heteroatoms. The number of aliphatic hydroxyl groups is 1. The van der Waals surface area contributed by atoms with Gasteiger partial charge in [0.15, 0.2) is 0 Å². The molecular formula is C13H9Cl3O. The maximum atomic E-state index is 9.01. The Morgan fingerprint density at radius 1 is 0.882 bits per heavy atom. The number of benzene rings is 2. The molecule has 0 unspecified atom stereocenters. The first kappa shape index (κ1) is 12.7. The van der Waals surface area contributed by atoms with Gasteiger partial charge in [0.2, 0.25) is 0 Å². The van der Waals surface area contributed by atoms with Crippen LogP contribution in [-0.4, -0.2) is 5.11 Å². The molecule has 0 saturated carbocycles. The zero-order chi connectivity index (χ0) is 12.4. The Kier molecular flexibility index (Phi) is 3.95. The molecule has 2 aromatic carbocycles. The summed E-state index contributed by atoms with van der Waals surface area (Å²) in [7, 11) is 0. The lowest BCUT2D eigenvalue weighted by molar-refractivity contribution is 0.282. The summed E-state index contributed by atoms with van der Waals surface area (Å²) in [5.41, 5.74) is 2.47. The van der Waals surface area contributed by atoms with Crippen LogP contribution in [0.25, 0.3) is 11.1 Å². The van der Waals surface area contributed by atoms with E-state index in [2.05, 4.69) is 0 Å². The molecule has 2 rings (SSSR count). The van der Waals surface area contributed by atoms with Crippen LogP contribution in [0.15, 0.2) is 36.4 Å². The number of aliphatic hydroxyl groups excluding tert-OH is 1. The van der Waals surface area contributed by atoms with Crippen molar-refractivity contribution in [2.24, 2.45) is 0 Å². The van der Waals surface area contributed by atoms with Gasteiger partial charge in [-0.15, -0.1) is 0 Å². The van der Waals surface area contributed by atoms with Gasteiger partial charge in [-0.05, 0) is 35.4 Å². The quantitative estimate of drug-likeness (QED) is 0.840. The average Bonchev–Trinajstić information content (AvgIpc) is 2.27. The molecule has 2 aromatic rings. The summed E-state index contributed by atoms with van der Waals surface area (Å²) in [5, 5.41) is 10.7. The lowest BCUT2D eigenvalue weighted by atomic mass is 10.0. The third-order valence-corrected chi connectivity index (χ3v) is 3.14. The minimum Gasteiger partial charge on any atom is -0.392 e. The van der Waals surface area contributed by atoms with Crippen LogP contribution in [0, 0.1) is 0 Å². The Balaban J connectivity index is 2.52. The second-order valence-electron chi connectivity index (χ2n) is 3.63. The van der Waals surface area contributed by atoms with Gasteiger partial charge in [0, 0.05) is 20.6 Å². The van der Waals surface area contributed by atoms with Crippen molar-refractivity contribution in [1.29, 1.82) is 0 Å². The van der Waals surface area contributed by atoms with Crippen molar-refractivity contribution in [1.82, 2.24) is 0 Å². The van der Waals surface area contributed by atoms with Gasteiger partial charge in [0.25, 0.3) is 0 Å². The molecular weight excluding hydrogens is 279 g/mol. The Labute approximate surface area is 115 Å². The van der Waals surface area contributed by atoms with E-state index >= 15 is 0 Å². The third-order valence-electron chi connectivity index (χ3n) is 2.39. The Hall–Kier alpha value is -0.730. The summed E-state index contributed by atoms with van der Waals surface area (Å²) in [6, 6.07) is 10.7. The first-order chi connectivity index (χ1) is 8.10. The fourth-order valence-electron chi connectivity index (χ4n) is 1.60. The summed E-state index contributed by atoms with van der Waals surface area (Å²) in [6.07, 6.45) is 0. The van der Waals surface area contributed by atoms with E-state index in [-0.39, 0.29) is 6.61 Å². The highest BCUT2D eigenvalue weighted by molar-refractivity contribution is 6.36. The molecule has 0 aliphatic rings. The van der Waals surface area contributed by atoms with Gasteiger partial charge in [0.05, 0.1) is 6.61 Å². The van der Waals surface area contributed by atoms with Gasteiger partial charge in [-0.1, -0.05) is 46.9 Å². The van der Waals surface area contributed by atoms with Crippen molar-refractivity contribution in [3.8, 4) is 11.1 Å². The van der Waals surface area contributed by atoms with Gasteiger partial charge >= 0.3 is 0 Å². The highest BCUT2D eigenvalue weighted by Gasteiger charge is 2.06. The molecule has 0 spiro atoms. The van der Waals surface area contributed by atoms with Crippen molar-refractivity contribution in [3.05, 3.63) is 57.0 Å². The smallest absolute Gasteiger partial charge is 0.0682 e. The maximum Gasteiger partial charge on any atom is 0.0682 e. The van der Waals surface area contributed by atoms with Gasteiger partial charge in [-0.3, -0.25) is 0 Å². The van der Waals surface area contributed by atoms with Gasteiger partial charge in [-0.2, -0.15) is 0 Å². The summed E-state index contributed by atoms with van der Waals surface area (Å²) < 4.78 is 0. The predicted molar refractivity (Wildman–Crippen MR) is 72.8 cm³/mol. The minimum atomic E-state index is -0.0314. The molecule has 0 bridgehead atoms. The maximum absolute atomic E-state index is 9.01. The molecule has 0 fully saturated rings. The third kappa shape index (κ3) is 2.93. The van der Waals surface area contributed by atoms with Crippen LogP contribution in [0.2, 0.25) is 15.1 Å². The van der Waals surface area contributed by atoms with Crippen LogP contribution >= 0.6 is 34.8 Å². The van der Waals surface area contributed by atoms with Crippen LogP contribution in [0.3, 0.4) is 0 Å². The highest BCUT2D eigenvalue weighted by Crippen LogP contribution is 2.32. The lowest BCUT2D eigenvalue weighted by Crippen LogP contribution is -1.86. The zero-order valence-corrected chi connectivity index (χ0v) is 11.0. The van der Waals surface area contributed by atoms with Crippen LogP contribution in [-0.2, 0) is 6.61 Å². The molecule has 0 amide bonds. The van der Waals surface area contributed by atoms with E-state index in [0.29, 0.717) is 15.1 Å². The van der Waals surface area contributed by atoms with Gasteiger partial charge < -0.3 is 5.11 Å². The molecule has 0 heterocycles. The Morgan fingerprint density at radius 3 is 2.06 bits per heavy atom. The lowest BCUT2D eigenvalue weighted by Gasteiger charge is -2.07. The molecule has 1 nitrogen and oxygen atoms in total. The topological polar surface area (TPSA) is 20.2 Å². The van der Waals surface area contributed by atoms with Gasteiger partial charge in [-0.25, -0.2) is 0 Å². The second-order valence-corrected chi connectivity index (χ2v) is 4.91. The molecule has 1 N–H and O–H groups in total. The standard InChI is InChI=1S/C13H9Cl3O/c14-10-4-9(5-11(15)6-10)12-2-1-8(7-17)3-13(12)16/h1-6,17H,7H2. The minimum absolute atomic E-state index is 0.0314. The average molecular weight is 288 g/mol. The molecule has 0 atom stereocenters. The highest BCUT2D eigenvalue weighted by atomic mass is 35.5. The van der Waals surface area contributed by atoms with Crippen LogP contribution < -0.4 is 0 Å². The predicted octanol–water partition coefficient (Wildman–Crippen LogP) is 4.81. The van der Waals surface area contributed by atoms with E-state index < -0.39 is 0 Å². The largest absolute Gasteiger partial charge is 0.392 e. The Morgan fingerprint density at radius 2 is 1.53 bits per heavy atom. The summed E-state index contributed by atoms with van der Waals surface area (Å²) in [4.78, 5) is 0. The molecule has 0 aromatic heterocycles. The van der Waals surface area contributed by atoms with E-state index in [1.54, 1.807) is 24.3 Å². The summed E-state index contributed by atoms with van der Waals surface area (Å²) >= 11 is 18.0. The molecule has 0 saturated heterocycles. The number of hydrogen-bond acceptors (Lipinski definition) is 1. The van der Waals surface area contributed by atoms with Crippen molar-refractivity contribution in [2.75, 3.05) is 0 Å². The fraction of sp³-hybridized carbons (Fsp3) is 0.0769. The summed E-state index contributed by atoms with van der Waals surface area (Å²) in [6.45, 7) is -0.0314. The van der Waals surface area contributed by atoms with Crippen molar-refractivity contribution < 1.29 is 5.11 Å². The normalized spacial score (nSPS) is 10.6. The molecule has 0 aliphatic carbocycles. The van der Waals surface area contributed by atoms with E-state index in [1.165, 1.54) is 0 Å². The van der Waals surface area contributed by atoms with E-state index in [4.69, 9.17) is 39.9 Å². The Bertz CT molecular complexity index is 532. The van der Waals surface area contributed by atoms with Gasteiger partial charge in [0.1, 0.15) is 0 Å². The van der Waals surface area contributed by atoms with Crippen LogP contribution in [0.1, 0.15) is 5.56 Å². The van der Waals surface area contributed by atoms with Crippen molar-refractivity contribution >= 4 is 34.8 Å². The summed E-state index contributed by atoms with van der Waals surface area (Å²) in [5.74, 6) is 0. The first-order valence-corrected chi connectivity index (χ1v) is 6.09. The number of halogens is 3. The molecule has 17 heavy (non-hydrogen) atoms. The van der Waals surface area contributed by atoms with Crippen LogP contribution in [0.4, 0.5) is 0 Å².